The van der Waals surface area contributed by atoms with E-state index in [0.29, 0.717) is 0 Å². The molecule has 0 spiro atoms. The Balaban J connectivity index is 2.04. The highest BCUT2D eigenvalue weighted by molar-refractivity contribution is 5.09. The predicted octanol–water partition coefficient (Wildman–Crippen LogP) is 2.27. The molecular weight excluding hydrogens is 162 g/mol. The maximum Gasteiger partial charge on any atom is 0.105 e. The van der Waals surface area contributed by atoms with E-state index in [0.717, 1.165) is 24.5 Å². The highest BCUT2D eigenvalue weighted by atomic mass is 16.3. The average molecular weight is 179 g/mol. The summed E-state index contributed by atoms with van der Waals surface area (Å²) in [6, 6.07) is 4.12. The molecule has 1 fully saturated rings. The van der Waals surface area contributed by atoms with Gasteiger partial charge in [-0.05, 0) is 45.4 Å². The van der Waals surface area contributed by atoms with Crippen molar-refractivity contribution in [3.8, 4) is 0 Å². The van der Waals surface area contributed by atoms with E-state index in [1.807, 2.05) is 13.0 Å². The number of furan rings is 1. The summed E-state index contributed by atoms with van der Waals surface area (Å²) in [5, 5.41) is 3.53. The lowest BCUT2D eigenvalue weighted by atomic mass is 9.95. The fourth-order valence-corrected chi connectivity index (χ4v) is 2.07. The SMILES string of the molecule is Cc1ccc(CC2(C)CCCN2)o1. The molecule has 1 aliphatic rings. The summed E-state index contributed by atoms with van der Waals surface area (Å²) in [5.41, 5.74) is 0.268. The van der Waals surface area contributed by atoms with E-state index in [1.54, 1.807) is 0 Å². The van der Waals surface area contributed by atoms with E-state index in [2.05, 4.69) is 18.3 Å². The molecule has 2 nitrogen and oxygen atoms in total. The van der Waals surface area contributed by atoms with Crippen molar-refractivity contribution >= 4 is 0 Å². The molecule has 0 bridgehead atoms. The molecule has 0 aliphatic carbocycles. The van der Waals surface area contributed by atoms with Crippen LogP contribution in [-0.2, 0) is 6.42 Å². The van der Waals surface area contributed by atoms with Crippen molar-refractivity contribution < 1.29 is 4.42 Å². The molecule has 0 saturated carbocycles. The van der Waals surface area contributed by atoms with Gasteiger partial charge in [-0.2, -0.15) is 0 Å². The smallest absolute Gasteiger partial charge is 0.105 e. The fourth-order valence-electron chi connectivity index (χ4n) is 2.07. The van der Waals surface area contributed by atoms with Crippen LogP contribution in [0.25, 0.3) is 0 Å². The molecule has 2 rings (SSSR count). The Kier molecular flexibility index (Phi) is 2.16. The van der Waals surface area contributed by atoms with E-state index in [1.165, 1.54) is 12.8 Å². The van der Waals surface area contributed by atoms with Crippen molar-refractivity contribution in [2.75, 3.05) is 6.54 Å². The minimum absolute atomic E-state index is 0.268. The molecule has 1 saturated heterocycles. The second kappa shape index (κ2) is 3.18. The number of aryl methyl sites for hydroxylation is 1. The fraction of sp³-hybridized carbons (Fsp3) is 0.636. The summed E-state index contributed by atoms with van der Waals surface area (Å²) in [6.45, 7) is 5.42. The molecule has 2 heterocycles. The van der Waals surface area contributed by atoms with Crippen LogP contribution in [0.5, 0.6) is 0 Å². The lowest BCUT2D eigenvalue weighted by Crippen LogP contribution is -2.38. The van der Waals surface area contributed by atoms with E-state index in [9.17, 15) is 0 Å². The van der Waals surface area contributed by atoms with Gasteiger partial charge in [0.1, 0.15) is 11.5 Å². The van der Waals surface area contributed by atoms with Crippen LogP contribution in [-0.4, -0.2) is 12.1 Å². The Labute approximate surface area is 79.3 Å². The molecular formula is C11H17NO. The summed E-state index contributed by atoms with van der Waals surface area (Å²) < 4.78 is 5.57. The highest BCUT2D eigenvalue weighted by Crippen LogP contribution is 2.24. The maximum absolute atomic E-state index is 5.57. The van der Waals surface area contributed by atoms with Gasteiger partial charge in [0.05, 0.1) is 0 Å². The number of hydrogen-bond acceptors (Lipinski definition) is 2. The largest absolute Gasteiger partial charge is 0.466 e. The molecule has 1 atom stereocenters. The van der Waals surface area contributed by atoms with Gasteiger partial charge >= 0.3 is 0 Å². The summed E-state index contributed by atoms with van der Waals surface area (Å²) in [7, 11) is 0. The monoisotopic (exact) mass is 179 g/mol. The van der Waals surface area contributed by atoms with Crippen LogP contribution in [0.3, 0.4) is 0 Å². The molecule has 1 aromatic rings. The minimum Gasteiger partial charge on any atom is -0.466 e. The van der Waals surface area contributed by atoms with Crippen LogP contribution in [0, 0.1) is 6.92 Å². The second-order valence-electron chi connectivity index (χ2n) is 4.28. The molecule has 13 heavy (non-hydrogen) atoms. The van der Waals surface area contributed by atoms with Crippen molar-refractivity contribution in [2.24, 2.45) is 0 Å². The molecule has 1 aliphatic heterocycles. The van der Waals surface area contributed by atoms with Crippen molar-refractivity contribution in [1.82, 2.24) is 5.32 Å². The van der Waals surface area contributed by atoms with Gasteiger partial charge < -0.3 is 9.73 Å². The Morgan fingerprint density at radius 3 is 2.92 bits per heavy atom. The molecule has 1 aromatic heterocycles. The van der Waals surface area contributed by atoms with E-state index >= 15 is 0 Å². The summed E-state index contributed by atoms with van der Waals surface area (Å²) in [5.74, 6) is 2.12. The predicted molar refractivity (Wildman–Crippen MR) is 52.8 cm³/mol. The summed E-state index contributed by atoms with van der Waals surface area (Å²) >= 11 is 0. The van der Waals surface area contributed by atoms with Crippen molar-refractivity contribution in [2.45, 2.75) is 38.6 Å². The van der Waals surface area contributed by atoms with Gasteiger partial charge in [0.25, 0.3) is 0 Å². The molecule has 72 valence electrons. The summed E-state index contributed by atoms with van der Waals surface area (Å²) in [6.07, 6.45) is 3.56. The van der Waals surface area contributed by atoms with Gasteiger partial charge in [0.2, 0.25) is 0 Å². The van der Waals surface area contributed by atoms with Crippen LogP contribution in [0.1, 0.15) is 31.3 Å². The van der Waals surface area contributed by atoms with E-state index < -0.39 is 0 Å². The first-order valence-electron chi connectivity index (χ1n) is 4.98. The Morgan fingerprint density at radius 1 is 1.54 bits per heavy atom. The Hall–Kier alpha value is -0.760. The van der Waals surface area contributed by atoms with Crippen molar-refractivity contribution in [3.63, 3.8) is 0 Å². The van der Waals surface area contributed by atoms with Crippen LogP contribution in [0.15, 0.2) is 16.5 Å². The van der Waals surface area contributed by atoms with Crippen molar-refractivity contribution in [1.29, 1.82) is 0 Å². The van der Waals surface area contributed by atoms with E-state index in [-0.39, 0.29) is 5.54 Å². The third-order valence-electron chi connectivity index (χ3n) is 2.82. The van der Waals surface area contributed by atoms with E-state index in [4.69, 9.17) is 4.42 Å². The lowest BCUT2D eigenvalue weighted by Gasteiger charge is -2.22. The summed E-state index contributed by atoms with van der Waals surface area (Å²) in [4.78, 5) is 0. The van der Waals surface area contributed by atoms with Crippen molar-refractivity contribution in [3.05, 3.63) is 23.7 Å². The first-order valence-corrected chi connectivity index (χ1v) is 4.98. The number of rotatable bonds is 2. The Bertz CT molecular complexity index is 284. The van der Waals surface area contributed by atoms with Gasteiger partial charge in [0, 0.05) is 12.0 Å². The second-order valence-corrected chi connectivity index (χ2v) is 4.28. The lowest BCUT2D eigenvalue weighted by molar-refractivity contribution is 0.364. The third-order valence-corrected chi connectivity index (χ3v) is 2.82. The van der Waals surface area contributed by atoms with Gasteiger partial charge in [-0.15, -0.1) is 0 Å². The highest BCUT2D eigenvalue weighted by Gasteiger charge is 2.28. The van der Waals surface area contributed by atoms with Gasteiger partial charge in [-0.3, -0.25) is 0 Å². The zero-order chi connectivity index (χ0) is 9.31. The van der Waals surface area contributed by atoms with Gasteiger partial charge in [0.15, 0.2) is 0 Å². The standard InChI is InChI=1S/C11H17NO/c1-9-4-5-10(13-9)8-11(2)6-3-7-12-11/h4-5,12H,3,6-8H2,1-2H3. The number of hydrogen-bond donors (Lipinski definition) is 1. The van der Waals surface area contributed by atoms with Gasteiger partial charge in [-0.1, -0.05) is 0 Å². The number of nitrogens with one attached hydrogen (secondary N) is 1. The van der Waals surface area contributed by atoms with Crippen LogP contribution < -0.4 is 5.32 Å². The molecule has 0 aromatic carbocycles. The molecule has 0 radical (unpaired) electrons. The minimum atomic E-state index is 0.268. The molecule has 1 N–H and O–H groups in total. The first-order chi connectivity index (χ1) is 6.18. The van der Waals surface area contributed by atoms with Gasteiger partial charge in [-0.25, -0.2) is 0 Å². The normalized spacial score (nSPS) is 28.2. The average Bonchev–Trinajstić information content (AvgIpc) is 2.62. The molecule has 0 amide bonds. The zero-order valence-electron chi connectivity index (χ0n) is 8.39. The Morgan fingerprint density at radius 2 is 2.38 bits per heavy atom. The molecule has 1 unspecified atom stereocenters. The quantitative estimate of drug-likeness (QED) is 0.753. The zero-order valence-corrected chi connectivity index (χ0v) is 8.39. The van der Waals surface area contributed by atoms with Crippen LogP contribution >= 0.6 is 0 Å². The van der Waals surface area contributed by atoms with Crippen LogP contribution in [0.2, 0.25) is 0 Å². The van der Waals surface area contributed by atoms with Crippen LogP contribution in [0.4, 0.5) is 0 Å². The topological polar surface area (TPSA) is 25.2 Å². The molecule has 2 heteroatoms. The maximum atomic E-state index is 5.57. The first kappa shape index (κ1) is 8.82. The third kappa shape index (κ3) is 1.94.